The lowest BCUT2D eigenvalue weighted by Gasteiger charge is -2.06. The molecule has 0 amide bonds. The van der Waals surface area contributed by atoms with Gasteiger partial charge in [0.25, 0.3) is 0 Å². The number of anilines is 1. The third-order valence-electron chi connectivity index (χ3n) is 2.58. The van der Waals surface area contributed by atoms with Crippen LogP contribution in [0.4, 0.5) is 5.95 Å². The summed E-state index contributed by atoms with van der Waals surface area (Å²) in [5, 5.41) is 0.609. The molecule has 0 saturated carbocycles. The zero-order chi connectivity index (χ0) is 13.1. The Kier molecular flexibility index (Phi) is 3.72. The first-order valence-electron chi connectivity index (χ1n) is 5.68. The van der Waals surface area contributed by atoms with Crippen molar-refractivity contribution in [2.24, 2.45) is 0 Å². The predicted octanol–water partition coefficient (Wildman–Crippen LogP) is 2.23. The Bertz CT molecular complexity index is 580. The van der Waals surface area contributed by atoms with E-state index in [1.54, 1.807) is 23.6 Å². The highest BCUT2D eigenvalue weighted by atomic mass is 35.5. The van der Waals surface area contributed by atoms with Crippen molar-refractivity contribution in [2.45, 2.75) is 19.9 Å². The maximum absolute atomic E-state index is 11.3. The van der Waals surface area contributed by atoms with Crippen molar-refractivity contribution in [3.8, 4) is 0 Å². The summed E-state index contributed by atoms with van der Waals surface area (Å²) >= 11 is 5.88. The number of nitrogen functional groups attached to an aromatic ring is 1. The molecule has 5 nitrogen and oxygen atoms in total. The van der Waals surface area contributed by atoms with Gasteiger partial charge in [0, 0.05) is 11.6 Å². The summed E-state index contributed by atoms with van der Waals surface area (Å²) < 4.78 is 6.66. The van der Waals surface area contributed by atoms with Crippen LogP contribution < -0.4 is 5.73 Å². The second-order valence-corrected chi connectivity index (χ2v) is 4.25. The van der Waals surface area contributed by atoms with Crippen molar-refractivity contribution in [3.63, 3.8) is 0 Å². The summed E-state index contributed by atoms with van der Waals surface area (Å²) in [4.78, 5) is 15.5. The normalized spacial score (nSPS) is 10.8. The van der Waals surface area contributed by atoms with Crippen molar-refractivity contribution in [3.05, 3.63) is 23.2 Å². The molecule has 0 unspecified atom stereocenters. The lowest BCUT2D eigenvalue weighted by Crippen LogP contribution is -2.10. The van der Waals surface area contributed by atoms with Crippen molar-refractivity contribution >= 4 is 34.6 Å². The SMILES string of the molecule is CCOC(=O)CCn1c(N)nc2cc(Cl)ccc21. The summed E-state index contributed by atoms with van der Waals surface area (Å²) in [6.07, 6.45) is 0.270. The van der Waals surface area contributed by atoms with Crippen LogP contribution >= 0.6 is 11.6 Å². The Morgan fingerprint density at radius 2 is 2.33 bits per heavy atom. The molecule has 0 atom stereocenters. The number of carbonyl (C=O) groups is 1. The molecule has 0 aliphatic rings. The molecule has 6 heteroatoms. The Morgan fingerprint density at radius 3 is 3.06 bits per heavy atom. The number of aryl methyl sites for hydroxylation is 1. The van der Waals surface area contributed by atoms with Gasteiger partial charge in [0.05, 0.1) is 24.1 Å². The number of nitrogens with two attached hydrogens (primary N) is 1. The zero-order valence-corrected chi connectivity index (χ0v) is 10.8. The molecule has 0 spiro atoms. The fourth-order valence-electron chi connectivity index (χ4n) is 1.79. The smallest absolute Gasteiger partial charge is 0.307 e. The first-order chi connectivity index (χ1) is 8.61. The molecule has 2 N–H and O–H groups in total. The van der Waals surface area contributed by atoms with Crippen molar-refractivity contribution < 1.29 is 9.53 Å². The van der Waals surface area contributed by atoms with Crippen LogP contribution in [0, 0.1) is 0 Å². The minimum absolute atomic E-state index is 0.243. The van der Waals surface area contributed by atoms with E-state index in [4.69, 9.17) is 22.1 Å². The van der Waals surface area contributed by atoms with Crippen LogP contribution in [0.1, 0.15) is 13.3 Å². The average Bonchev–Trinajstić information content (AvgIpc) is 2.61. The van der Waals surface area contributed by atoms with Crippen molar-refractivity contribution in [2.75, 3.05) is 12.3 Å². The molecule has 1 aromatic carbocycles. The molecule has 2 aromatic rings. The molecule has 18 heavy (non-hydrogen) atoms. The molecule has 2 rings (SSSR count). The Hall–Kier alpha value is -1.75. The number of hydrogen-bond acceptors (Lipinski definition) is 4. The average molecular weight is 268 g/mol. The molecule has 1 aromatic heterocycles. The summed E-state index contributed by atoms with van der Waals surface area (Å²) in [5.41, 5.74) is 7.41. The summed E-state index contributed by atoms with van der Waals surface area (Å²) in [7, 11) is 0. The maximum Gasteiger partial charge on any atom is 0.307 e. The van der Waals surface area contributed by atoms with Gasteiger partial charge in [-0.1, -0.05) is 11.6 Å². The number of imidazole rings is 1. The number of aromatic nitrogens is 2. The second kappa shape index (κ2) is 5.27. The van der Waals surface area contributed by atoms with E-state index in [-0.39, 0.29) is 12.4 Å². The van der Waals surface area contributed by atoms with E-state index in [0.29, 0.717) is 24.1 Å². The van der Waals surface area contributed by atoms with Crippen LogP contribution in [-0.4, -0.2) is 22.1 Å². The van der Waals surface area contributed by atoms with Crippen LogP contribution in [0.25, 0.3) is 11.0 Å². The number of hydrogen-bond donors (Lipinski definition) is 1. The maximum atomic E-state index is 11.3. The van der Waals surface area contributed by atoms with E-state index in [1.807, 2.05) is 6.07 Å². The van der Waals surface area contributed by atoms with Gasteiger partial charge in [-0.05, 0) is 25.1 Å². The van der Waals surface area contributed by atoms with Gasteiger partial charge >= 0.3 is 5.97 Å². The monoisotopic (exact) mass is 267 g/mol. The Labute approximate surface area is 109 Å². The number of halogens is 1. The minimum atomic E-state index is -0.243. The molecule has 0 aliphatic heterocycles. The molecule has 0 bridgehead atoms. The van der Waals surface area contributed by atoms with E-state index < -0.39 is 0 Å². The van der Waals surface area contributed by atoms with Gasteiger partial charge in [-0.2, -0.15) is 0 Å². The molecular weight excluding hydrogens is 254 g/mol. The number of esters is 1. The van der Waals surface area contributed by atoms with E-state index >= 15 is 0 Å². The highest BCUT2D eigenvalue weighted by Crippen LogP contribution is 2.21. The first kappa shape index (κ1) is 12.7. The Morgan fingerprint density at radius 1 is 1.56 bits per heavy atom. The van der Waals surface area contributed by atoms with E-state index in [1.165, 1.54) is 0 Å². The summed E-state index contributed by atoms with van der Waals surface area (Å²) in [5.74, 6) is 0.129. The molecule has 1 heterocycles. The van der Waals surface area contributed by atoms with Crippen LogP contribution in [0.5, 0.6) is 0 Å². The summed E-state index contributed by atoms with van der Waals surface area (Å²) in [6.45, 7) is 2.61. The number of ether oxygens (including phenoxy) is 1. The predicted molar refractivity (Wildman–Crippen MR) is 70.4 cm³/mol. The number of rotatable bonds is 4. The van der Waals surface area contributed by atoms with Crippen molar-refractivity contribution in [1.29, 1.82) is 0 Å². The quantitative estimate of drug-likeness (QED) is 0.863. The third kappa shape index (κ3) is 2.56. The van der Waals surface area contributed by atoms with Crippen molar-refractivity contribution in [1.82, 2.24) is 9.55 Å². The van der Waals surface area contributed by atoms with Crippen LogP contribution in [0.2, 0.25) is 5.02 Å². The molecule has 96 valence electrons. The molecule has 0 fully saturated rings. The molecule has 0 saturated heterocycles. The van der Waals surface area contributed by atoms with Gasteiger partial charge in [0.15, 0.2) is 0 Å². The van der Waals surface area contributed by atoms with Crippen LogP contribution in [-0.2, 0) is 16.1 Å². The van der Waals surface area contributed by atoms with Gasteiger partial charge in [-0.15, -0.1) is 0 Å². The molecule has 0 radical (unpaired) electrons. The topological polar surface area (TPSA) is 70.1 Å². The lowest BCUT2D eigenvalue weighted by atomic mass is 10.3. The van der Waals surface area contributed by atoms with Crippen LogP contribution in [0.3, 0.4) is 0 Å². The highest BCUT2D eigenvalue weighted by molar-refractivity contribution is 6.31. The van der Waals surface area contributed by atoms with E-state index in [9.17, 15) is 4.79 Å². The minimum Gasteiger partial charge on any atom is -0.466 e. The largest absolute Gasteiger partial charge is 0.466 e. The first-order valence-corrected chi connectivity index (χ1v) is 6.06. The highest BCUT2D eigenvalue weighted by Gasteiger charge is 2.10. The molecule has 0 aliphatic carbocycles. The van der Waals surface area contributed by atoms with Crippen LogP contribution in [0.15, 0.2) is 18.2 Å². The second-order valence-electron chi connectivity index (χ2n) is 3.81. The van der Waals surface area contributed by atoms with Gasteiger partial charge in [0.1, 0.15) is 0 Å². The lowest BCUT2D eigenvalue weighted by molar-refractivity contribution is -0.143. The van der Waals surface area contributed by atoms with Gasteiger partial charge in [0.2, 0.25) is 5.95 Å². The van der Waals surface area contributed by atoms with Gasteiger partial charge < -0.3 is 15.0 Å². The fraction of sp³-hybridized carbons (Fsp3) is 0.333. The zero-order valence-electron chi connectivity index (χ0n) is 10.0. The molecular formula is C12H14ClN3O2. The number of nitrogens with zero attached hydrogens (tertiary/aromatic N) is 2. The fourth-order valence-corrected chi connectivity index (χ4v) is 1.96. The standard InChI is InChI=1S/C12H14ClN3O2/c1-2-18-11(17)5-6-16-10-4-3-8(13)7-9(10)15-12(16)14/h3-4,7H,2,5-6H2,1H3,(H2,14,15). The van der Waals surface area contributed by atoms with E-state index in [2.05, 4.69) is 4.98 Å². The van der Waals surface area contributed by atoms with Gasteiger partial charge in [-0.3, -0.25) is 4.79 Å². The van der Waals surface area contributed by atoms with Gasteiger partial charge in [-0.25, -0.2) is 4.98 Å². The number of carbonyl (C=O) groups excluding carboxylic acids is 1. The number of fused-ring (bicyclic) bond motifs is 1. The Balaban J connectivity index is 2.22. The third-order valence-corrected chi connectivity index (χ3v) is 2.82. The van der Waals surface area contributed by atoms with E-state index in [0.717, 1.165) is 11.0 Å². The number of benzene rings is 1. The summed E-state index contributed by atoms with van der Waals surface area (Å²) in [6, 6.07) is 5.35.